The van der Waals surface area contributed by atoms with E-state index in [-0.39, 0.29) is 17.6 Å². The highest BCUT2D eigenvalue weighted by molar-refractivity contribution is 6.02. The summed E-state index contributed by atoms with van der Waals surface area (Å²) in [5, 5.41) is 22.5. The van der Waals surface area contributed by atoms with E-state index in [0.29, 0.717) is 17.8 Å². The number of nitrogens with two attached hydrogens (primary N) is 1. The molecule has 0 fully saturated rings. The summed E-state index contributed by atoms with van der Waals surface area (Å²) in [4.78, 5) is 12.3. The lowest BCUT2D eigenvalue weighted by molar-refractivity contribution is -0.384. The number of nitro benzene ring substituents is 1. The first kappa shape index (κ1) is 14.7. The topological polar surface area (TPSA) is 105 Å². The standard InChI is InChI=1S/C12H18N4O3/c1-4-15(8(2)3)11-6-5-9(16(18)19)7-10(11)12(13)14-17/h5-8,17H,4H2,1-3H3,(H2,13,14). The van der Waals surface area contributed by atoms with E-state index in [1.165, 1.54) is 12.1 Å². The summed E-state index contributed by atoms with van der Waals surface area (Å²) in [6.07, 6.45) is 0. The number of hydrogen-bond acceptors (Lipinski definition) is 5. The molecular weight excluding hydrogens is 248 g/mol. The van der Waals surface area contributed by atoms with Crippen LogP contribution in [0.2, 0.25) is 0 Å². The fourth-order valence-electron chi connectivity index (χ4n) is 1.96. The molecule has 0 aliphatic carbocycles. The van der Waals surface area contributed by atoms with Gasteiger partial charge in [-0.05, 0) is 26.8 Å². The lowest BCUT2D eigenvalue weighted by atomic mass is 10.1. The predicted molar refractivity (Wildman–Crippen MR) is 73.8 cm³/mol. The number of non-ortho nitro benzene ring substituents is 1. The third-order valence-electron chi connectivity index (χ3n) is 2.85. The Morgan fingerprint density at radius 3 is 2.63 bits per heavy atom. The third kappa shape index (κ3) is 3.12. The van der Waals surface area contributed by atoms with Crippen molar-refractivity contribution in [2.24, 2.45) is 10.9 Å². The minimum Gasteiger partial charge on any atom is -0.409 e. The second-order valence-corrected chi connectivity index (χ2v) is 4.32. The second-order valence-electron chi connectivity index (χ2n) is 4.32. The summed E-state index contributed by atoms with van der Waals surface area (Å²) >= 11 is 0. The van der Waals surface area contributed by atoms with Gasteiger partial charge in [0.2, 0.25) is 0 Å². The van der Waals surface area contributed by atoms with E-state index in [1.54, 1.807) is 6.07 Å². The van der Waals surface area contributed by atoms with Crippen LogP contribution in [-0.2, 0) is 0 Å². The van der Waals surface area contributed by atoms with Gasteiger partial charge in [0.15, 0.2) is 5.84 Å². The molecule has 0 atom stereocenters. The summed E-state index contributed by atoms with van der Waals surface area (Å²) in [5.74, 6) is -0.141. The highest BCUT2D eigenvalue weighted by Crippen LogP contribution is 2.26. The van der Waals surface area contributed by atoms with Gasteiger partial charge in [0.05, 0.1) is 10.5 Å². The van der Waals surface area contributed by atoms with Crippen LogP contribution in [0.4, 0.5) is 11.4 Å². The molecule has 3 N–H and O–H groups in total. The van der Waals surface area contributed by atoms with Gasteiger partial charge in [-0.1, -0.05) is 5.16 Å². The summed E-state index contributed by atoms with van der Waals surface area (Å²) in [6, 6.07) is 4.54. The van der Waals surface area contributed by atoms with Gasteiger partial charge >= 0.3 is 0 Å². The Kier molecular flexibility index (Phi) is 4.68. The summed E-state index contributed by atoms with van der Waals surface area (Å²) in [6.45, 7) is 6.68. The average molecular weight is 266 g/mol. The average Bonchev–Trinajstić information content (AvgIpc) is 2.38. The van der Waals surface area contributed by atoms with Crippen molar-refractivity contribution < 1.29 is 10.1 Å². The Bertz CT molecular complexity index is 500. The van der Waals surface area contributed by atoms with Crippen LogP contribution in [0.5, 0.6) is 0 Å². The van der Waals surface area contributed by atoms with E-state index in [4.69, 9.17) is 10.9 Å². The first-order chi connectivity index (χ1) is 8.92. The maximum atomic E-state index is 10.8. The molecule has 0 spiro atoms. The van der Waals surface area contributed by atoms with Gasteiger partial charge in [-0.3, -0.25) is 10.1 Å². The van der Waals surface area contributed by atoms with Gasteiger partial charge in [-0.25, -0.2) is 0 Å². The highest BCUT2D eigenvalue weighted by Gasteiger charge is 2.19. The lowest BCUT2D eigenvalue weighted by Gasteiger charge is -2.29. The SMILES string of the molecule is CCN(c1ccc([N+](=O)[O-])cc1C(N)=NO)C(C)C. The zero-order chi connectivity index (χ0) is 14.6. The molecule has 0 aliphatic rings. The van der Waals surface area contributed by atoms with Gasteiger partial charge < -0.3 is 15.8 Å². The van der Waals surface area contributed by atoms with Crippen LogP contribution in [0.3, 0.4) is 0 Å². The van der Waals surface area contributed by atoms with E-state index < -0.39 is 4.92 Å². The van der Waals surface area contributed by atoms with E-state index in [1.807, 2.05) is 25.7 Å². The minimum atomic E-state index is -0.510. The maximum Gasteiger partial charge on any atom is 0.270 e. The molecule has 1 aromatic carbocycles. The Morgan fingerprint density at radius 1 is 1.58 bits per heavy atom. The molecule has 0 radical (unpaired) electrons. The second kappa shape index (κ2) is 6.03. The van der Waals surface area contributed by atoms with Crippen molar-refractivity contribution in [2.75, 3.05) is 11.4 Å². The molecule has 0 saturated heterocycles. The molecule has 0 heterocycles. The minimum absolute atomic E-state index is 0.0924. The Balaban J connectivity index is 3.42. The van der Waals surface area contributed by atoms with E-state index in [2.05, 4.69) is 5.16 Å². The van der Waals surface area contributed by atoms with E-state index in [0.717, 1.165) is 0 Å². The van der Waals surface area contributed by atoms with Gasteiger partial charge in [-0.2, -0.15) is 0 Å². The van der Waals surface area contributed by atoms with Gasteiger partial charge in [0.25, 0.3) is 5.69 Å². The number of rotatable bonds is 5. The van der Waals surface area contributed by atoms with Crippen molar-refractivity contribution in [3.05, 3.63) is 33.9 Å². The Morgan fingerprint density at radius 2 is 2.21 bits per heavy atom. The molecule has 1 aromatic rings. The van der Waals surface area contributed by atoms with Crippen LogP contribution in [0.15, 0.2) is 23.4 Å². The number of hydrogen-bond donors (Lipinski definition) is 2. The van der Waals surface area contributed by atoms with E-state index in [9.17, 15) is 10.1 Å². The summed E-state index contributed by atoms with van der Waals surface area (Å²) in [5.41, 5.74) is 6.58. The molecular formula is C12H18N4O3. The molecule has 0 unspecified atom stereocenters. The molecule has 19 heavy (non-hydrogen) atoms. The third-order valence-corrected chi connectivity index (χ3v) is 2.85. The fraction of sp³-hybridized carbons (Fsp3) is 0.417. The number of oxime groups is 1. The molecule has 0 aromatic heterocycles. The molecule has 7 heteroatoms. The van der Waals surface area contributed by atoms with Crippen molar-refractivity contribution in [1.82, 2.24) is 0 Å². The van der Waals surface area contributed by atoms with Crippen molar-refractivity contribution in [3.8, 4) is 0 Å². The fourth-order valence-corrected chi connectivity index (χ4v) is 1.96. The van der Waals surface area contributed by atoms with Crippen LogP contribution >= 0.6 is 0 Å². The molecule has 0 saturated carbocycles. The monoisotopic (exact) mass is 266 g/mol. The number of nitro groups is 1. The molecule has 104 valence electrons. The molecule has 0 bridgehead atoms. The molecule has 1 rings (SSSR count). The first-order valence-corrected chi connectivity index (χ1v) is 5.95. The summed E-state index contributed by atoms with van der Waals surface area (Å²) < 4.78 is 0. The highest BCUT2D eigenvalue weighted by atomic mass is 16.6. The van der Waals surface area contributed by atoms with Crippen molar-refractivity contribution in [2.45, 2.75) is 26.8 Å². The Labute approximate surface area is 111 Å². The van der Waals surface area contributed by atoms with Crippen LogP contribution in [0.1, 0.15) is 26.3 Å². The Hall–Kier alpha value is -2.31. The van der Waals surface area contributed by atoms with Crippen LogP contribution < -0.4 is 10.6 Å². The molecule has 0 amide bonds. The normalized spacial score (nSPS) is 11.7. The van der Waals surface area contributed by atoms with E-state index >= 15 is 0 Å². The smallest absolute Gasteiger partial charge is 0.270 e. The van der Waals surface area contributed by atoms with Crippen LogP contribution in [-0.4, -0.2) is 28.6 Å². The maximum absolute atomic E-state index is 10.8. The lowest BCUT2D eigenvalue weighted by Crippen LogP contribution is -2.32. The van der Waals surface area contributed by atoms with Crippen LogP contribution in [0, 0.1) is 10.1 Å². The van der Waals surface area contributed by atoms with Gasteiger partial charge in [0.1, 0.15) is 0 Å². The zero-order valence-electron chi connectivity index (χ0n) is 11.2. The largest absolute Gasteiger partial charge is 0.409 e. The molecule has 7 nitrogen and oxygen atoms in total. The van der Waals surface area contributed by atoms with Crippen LogP contribution in [0.25, 0.3) is 0 Å². The number of amidine groups is 1. The predicted octanol–water partition coefficient (Wildman–Crippen LogP) is 1.92. The number of nitrogens with zero attached hydrogens (tertiary/aromatic N) is 3. The molecule has 0 aliphatic heterocycles. The van der Waals surface area contributed by atoms with Crippen molar-refractivity contribution in [1.29, 1.82) is 0 Å². The van der Waals surface area contributed by atoms with Gasteiger partial charge in [-0.15, -0.1) is 0 Å². The summed E-state index contributed by atoms with van der Waals surface area (Å²) in [7, 11) is 0. The van der Waals surface area contributed by atoms with Gasteiger partial charge in [0, 0.05) is 30.4 Å². The number of anilines is 1. The zero-order valence-corrected chi connectivity index (χ0v) is 11.2. The number of benzene rings is 1. The van der Waals surface area contributed by atoms with Crippen molar-refractivity contribution in [3.63, 3.8) is 0 Å². The van der Waals surface area contributed by atoms with Crippen molar-refractivity contribution >= 4 is 17.2 Å². The first-order valence-electron chi connectivity index (χ1n) is 5.95. The quantitative estimate of drug-likeness (QED) is 0.278.